The molecule has 0 aliphatic carbocycles. The normalized spacial score (nSPS) is 11.6. The van der Waals surface area contributed by atoms with E-state index in [9.17, 15) is 22.8 Å². The highest BCUT2D eigenvalue weighted by Gasteiger charge is 2.30. The standard InChI is InChI=1S/C27H29F3N2O3S/c1-5-35-24(34)16-32(4)21-12-8-18(9-13-21)22(33)14-15-23-25(17(2)3)31-26(36-23)19-6-10-20(11-7-19)27(28,29)30/h6-13,17H,5,14-16H2,1-4H3. The van der Waals surface area contributed by atoms with Gasteiger partial charge in [0.25, 0.3) is 0 Å². The van der Waals surface area contributed by atoms with Crippen molar-refractivity contribution in [2.75, 3.05) is 25.1 Å². The molecule has 3 aromatic rings. The number of ether oxygens (including phenoxy) is 1. The molecule has 0 N–H and O–H groups in total. The number of likely N-dealkylation sites (N-methyl/N-ethyl adjacent to an activating group) is 1. The molecule has 0 saturated carbocycles. The summed E-state index contributed by atoms with van der Waals surface area (Å²) >= 11 is 1.41. The summed E-state index contributed by atoms with van der Waals surface area (Å²) in [5, 5.41) is 0.642. The lowest BCUT2D eigenvalue weighted by Gasteiger charge is -2.18. The molecular formula is C27H29F3N2O3S. The van der Waals surface area contributed by atoms with E-state index < -0.39 is 11.7 Å². The van der Waals surface area contributed by atoms with E-state index in [4.69, 9.17) is 4.74 Å². The summed E-state index contributed by atoms with van der Waals surface area (Å²) in [6.45, 7) is 6.20. The SMILES string of the molecule is CCOC(=O)CN(C)c1ccc(C(=O)CCc2sc(-c3ccc(C(F)(F)F)cc3)nc2C(C)C)cc1. The average Bonchev–Trinajstić information content (AvgIpc) is 3.27. The number of ketones is 1. The van der Waals surface area contributed by atoms with E-state index in [1.807, 2.05) is 13.8 Å². The number of halogens is 3. The van der Waals surface area contributed by atoms with E-state index in [1.54, 1.807) is 43.1 Å². The van der Waals surface area contributed by atoms with Gasteiger partial charge >= 0.3 is 12.1 Å². The maximum absolute atomic E-state index is 12.9. The van der Waals surface area contributed by atoms with Crippen molar-refractivity contribution >= 4 is 28.8 Å². The van der Waals surface area contributed by atoms with Crippen molar-refractivity contribution in [1.29, 1.82) is 0 Å². The van der Waals surface area contributed by atoms with Gasteiger partial charge in [-0.1, -0.05) is 26.0 Å². The van der Waals surface area contributed by atoms with Gasteiger partial charge in [-0.05, 0) is 55.7 Å². The highest BCUT2D eigenvalue weighted by molar-refractivity contribution is 7.15. The molecule has 0 radical (unpaired) electrons. The number of anilines is 1. The summed E-state index contributed by atoms with van der Waals surface area (Å²) < 4.78 is 43.6. The Morgan fingerprint density at radius 2 is 1.69 bits per heavy atom. The van der Waals surface area contributed by atoms with Crippen LogP contribution in [0.25, 0.3) is 10.6 Å². The number of aryl methyl sites for hydroxylation is 1. The summed E-state index contributed by atoms with van der Waals surface area (Å²) in [6, 6.07) is 12.0. The van der Waals surface area contributed by atoms with Crippen LogP contribution in [0.3, 0.4) is 0 Å². The Morgan fingerprint density at radius 3 is 2.25 bits per heavy atom. The fourth-order valence-corrected chi connectivity index (χ4v) is 4.91. The molecule has 0 unspecified atom stereocenters. The molecule has 3 rings (SSSR count). The highest BCUT2D eigenvalue weighted by Crippen LogP contribution is 2.35. The van der Waals surface area contributed by atoms with E-state index in [0.717, 1.165) is 28.4 Å². The molecule has 0 bridgehead atoms. The van der Waals surface area contributed by atoms with Crippen molar-refractivity contribution in [3.05, 3.63) is 70.2 Å². The molecule has 0 spiro atoms. The summed E-state index contributed by atoms with van der Waals surface area (Å²) in [5.74, 6) is -0.223. The number of thiazole rings is 1. The van der Waals surface area contributed by atoms with E-state index in [0.29, 0.717) is 29.2 Å². The predicted octanol–water partition coefficient (Wildman–Crippen LogP) is 6.77. The molecule has 0 amide bonds. The second-order valence-corrected chi connectivity index (χ2v) is 9.77. The lowest BCUT2D eigenvalue weighted by molar-refractivity contribution is -0.141. The Labute approximate surface area is 212 Å². The molecular weight excluding hydrogens is 489 g/mol. The van der Waals surface area contributed by atoms with Gasteiger partial charge in [0.15, 0.2) is 5.78 Å². The minimum atomic E-state index is -4.38. The number of aromatic nitrogens is 1. The van der Waals surface area contributed by atoms with Gasteiger partial charge in [0.2, 0.25) is 0 Å². The number of hydrogen-bond acceptors (Lipinski definition) is 6. The summed E-state index contributed by atoms with van der Waals surface area (Å²) in [6.07, 6.45) is -3.61. The van der Waals surface area contributed by atoms with Crippen LogP contribution in [0.5, 0.6) is 0 Å². The minimum Gasteiger partial charge on any atom is -0.465 e. The zero-order chi connectivity index (χ0) is 26.5. The van der Waals surface area contributed by atoms with Gasteiger partial charge in [-0.25, -0.2) is 4.98 Å². The van der Waals surface area contributed by atoms with Crippen molar-refractivity contribution < 1.29 is 27.5 Å². The number of alkyl halides is 3. The molecule has 0 aliphatic heterocycles. The number of carbonyl (C=O) groups excluding carboxylic acids is 2. The van der Waals surface area contributed by atoms with Crippen molar-refractivity contribution in [2.45, 2.75) is 45.7 Å². The van der Waals surface area contributed by atoms with Crippen LogP contribution in [0.4, 0.5) is 18.9 Å². The number of carbonyl (C=O) groups is 2. The van der Waals surface area contributed by atoms with Gasteiger partial charge in [0, 0.05) is 35.2 Å². The smallest absolute Gasteiger partial charge is 0.416 e. The largest absolute Gasteiger partial charge is 0.465 e. The quantitative estimate of drug-likeness (QED) is 0.219. The molecule has 2 aromatic carbocycles. The molecule has 36 heavy (non-hydrogen) atoms. The van der Waals surface area contributed by atoms with Crippen LogP contribution in [0.1, 0.15) is 59.6 Å². The molecule has 1 aromatic heterocycles. The van der Waals surface area contributed by atoms with Gasteiger partial charge < -0.3 is 9.64 Å². The summed E-state index contributed by atoms with van der Waals surface area (Å²) in [4.78, 5) is 31.9. The lowest BCUT2D eigenvalue weighted by atomic mass is 10.0. The van der Waals surface area contributed by atoms with Crippen molar-refractivity contribution in [3.8, 4) is 10.6 Å². The van der Waals surface area contributed by atoms with Crippen LogP contribution in [0.15, 0.2) is 48.5 Å². The molecule has 0 fully saturated rings. The van der Waals surface area contributed by atoms with Gasteiger partial charge in [-0.3, -0.25) is 9.59 Å². The first-order chi connectivity index (χ1) is 17.0. The first-order valence-electron chi connectivity index (χ1n) is 11.7. The number of benzene rings is 2. The molecule has 9 heteroatoms. The third kappa shape index (κ3) is 6.94. The Balaban J connectivity index is 1.68. The minimum absolute atomic E-state index is 0.0196. The van der Waals surface area contributed by atoms with Gasteiger partial charge in [-0.2, -0.15) is 13.2 Å². The fourth-order valence-electron chi connectivity index (χ4n) is 3.68. The monoisotopic (exact) mass is 518 g/mol. The zero-order valence-corrected chi connectivity index (χ0v) is 21.5. The van der Waals surface area contributed by atoms with Crippen LogP contribution in [0.2, 0.25) is 0 Å². The number of nitrogens with zero attached hydrogens (tertiary/aromatic N) is 2. The Hall–Kier alpha value is -3.20. The lowest BCUT2D eigenvalue weighted by Crippen LogP contribution is -2.27. The van der Waals surface area contributed by atoms with Crippen LogP contribution in [-0.4, -0.2) is 36.9 Å². The van der Waals surface area contributed by atoms with Crippen LogP contribution < -0.4 is 4.90 Å². The van der Waals surface area contributed by atoms with Crippen molar-refractivity contribution in [3.63, 3.8) is 0 Å². The number of rotatable bonds is 10. The van der Waals surface area contributed by atoms with E-state index >= 15 is 0 Å². The molecule has 0 saturated heterocycles. The second-order valence-electron chi connectivity index (χ2n) is 8.69. The van der Waals surface area contributed by atoms with E-state index in [2.05, 4.69) is 4.98 Å². The molecule has 192 valence electrons. The van der Waals surface area contributed by atoms with Crippen LogP contribution >= 0.6 is 11.3 Å². The third-order valence-electron chi connectivity index (χ3n) is 5.61. The number of Topliss-reactive ketones (excluding diaryl/α,β-unsaturated/α-hetero) is 1. The van der Waals surface area contributed by atoms with E-state index in [1.165, 1.54) is 23.5 Å². The molecule has 0 aliphatic rings. The summed E-state index contributed by atoms with van der Waals surface area (Å²) in [7, 11) is 1.78. The maximum atomic E-state index is 12.9. The average molecular weight is 519 g/mol. The fraction of sp³-hybridized carbons (Fsp3) is 0.370. The van der Waals surface area contributed by atoms with E-state index in [-0.39, 0.29) is 30.6 Å². The molecule has 1 heterocycles. The van der Waals surface area contributed by atoms with Crippen LogP contribution in [0, 0.1) is 0 Å². The van der Waals surface area contributed by atoms with Gasteiger partial charge in [0.05, 0.1) is 17.9 Å². The number of hydrogen-bond donors (Lipinski definition) is 0. The first-order valence-corrected chi connectivity index (χ1v) is 12.5. The predicted molar refractivity (Wildman–Crippen MR) is 136 cm³/mol. The Bertz CT molecular complexity index is 1190. The number of esters is 1. The second kappa shape index (κ2) is 11.7. The first kappa shape index (κ1) is 27.4. The maximum Gasteiger partial charge on any atom is 0.416 e. The van der Waals surface area contributed by atoms with Gasteiger partial charge in [-0.15, -0.1) is 11.3 Å². The molecule has 5 nitrogen and oxygen atoms in total. The van der Waals surface area contributed by atoms with Gasteiger partial charge in [0.1, 0.15) is 11.6 Å². The zero-order valence-electron chi connectivity index (χ0n) is 20.7. The third-order valence-corrected chi connectivity index (χ3v) is 6.79. The van der Waals surface area contributed by atoms with Crippen molar-refractivity contribution in [2.24, 2.45) is 0 Å². The molecule has 0 atom stereocenters. The summed E-state index contributed by atoms with van der Waals surface area (Å²) in [5.41, 5.74) is 2.15. The van der Waals surface area contributed by atoms with Crippen molar-refractivity contribution in [1.82, 2.24) is 4.98 Å². The highest BCUT2D eigenvalue weighted by atomic mass is 32.1. The Kier molecular flexibility index (Phi) is 8.89. The van der Waals surface area contributed by atoms with Crippen LogP contribution in [-0.2, 0) is 22.1 Å². The topological polar surface area (TPSA) is 59.5 Å². The Morgan fingerprint density at radius 1 is 1.06 bits per heavy atom.